The Morgan fingerprint density at radius 3 is 1.67 bits per heavy atom. The third-order valence-electron chi connectivity index (χ3n) is 0.236. The van der Waals surface area contributed by atoms with E-state index in [1.165, 1.54) is 0 Å². The van der Waals surface area contributed by atoms with Crippen LogP contribution in [0.3, 0.4) is 0 Å². The van der Waals surface area contributed by atoms with Crippen LogP contribution in [0.2, 0.25) is 0 Å². The van der Waals surface area contributed by atoms with Crippen LogP contribution in [-0.2, 0) is 25.9 Å². The Bertz CT molecular complexity index is 34.5. The Hall–Kier alpha value is 0.358. The first kappa shape index (κ1) is 9.61. The van der Waals surface area contributed by atoms with Crippen LogP contribution in [0.4, 0.5) is 0 Å². The minimum absolute atomic E-state index is 0. The predicted octanol–water partition coefficient (Wildman–Crippen LogP) is 0.750. The van der Waals surface area contributed by atoms with Gasteiger partial charge >= 0.3 is 21.1 Å². The summed E-state index contributed by atoms with van der Waals surface area (Å²) in [5, 5.41) is 0. The van der Waals surface area contributed by atoms with Crippen molar-refractivity contribution in [2.45, 2.75) is 13.8 Å². The molecule has 1 nitrogen and oxygen atoms in total. The van der Waals surface area contributed by atoms with Crippen molar-refractivity contribution in [2.75, 3.05) is 0 Å². The second-order valence-corrected chi connectivity index (χ2v) is 1.27. The Balaban J connectivity index is 0. The molecule has 0 unspecified atom stereocenters. The third-order valence-corrected chi connectivity index (χ3v) is 0.236. The van der Waals surface area contributed by atoms with E-state index in [1.54, 1.807) is 20.1 Å². The Morgan fingerprint density at radius 1 is 1.50 bits per heavy atom. The summed E-state index contributed by atoms with van der Waals surface area (Å²) in [5.74, 6) is 0.0787. The quantitative estimate of drug-likeness (QED) is 0.632. The van der Waals surface area contributed by atoms with Crippen molar-refractivity contribution in [3.8, 4) is 0 Å². The van der Waals surface area contributed by atoms with Crippen LogP contribution in [0.5, 0.6) is 0 Å². The van der Waals surface area contributed by atoms with Crippen LogP contribution in [0, 0.1) is 5.92 Å². The van der Waals surface area contributed by atoms with Gasteiger partial charge in [-0.1, -0.05) is 13.8 Å². The first-order valence-corrected chi connectivity index (χ1v) is 1.65. The van der Waals surface area contributed by atoms with Gasteiger partial charge in [-0.3, -0.25) is 6.29 Å². The fourth-order valence-corrected chi connectivity index (χ4v) is 0. The summed E-state index contributed by atoms with van der Waals surface area (Å²) in [6, 6.07) is 0. The molecule has 0 saturated carbocycles. The van der Waals surface area contributed by atoms with Crippen molar-refractivity contribution in [1.82, 2.24) is 0 Å². The number of hydrogen-bond donors (Lipinski definition) is 0. The van der Waals surface area contributed by atoms with Gasteiger partial charge in [-0.25, -0.2) is 0 Å². The van der Waals surface area contributed by atoms with E-state index in [9.17, 15) is 4.79 Å². The van der Waals surface area contributed by atoms with Crippen LogP contribution in [0.15, 0.2) is 0 Å². The molecule has 0 aliphatic carbocycles. The zero-order valence-corrected chi connectivity index (χ0v) is 6.83. The van der Waals surface area contributed by atoms with Gasteiger partial charge in [0.25, 0.3) is 0 Å². The molecule has 0 aromatic rings. The first-order valence-electron chi connectivity index (χ1n) is 1.65. The SMILES string of the molecule is CC(C)[C-]=O.[W+2]. The van der Waals surface area contributed by atoms with E-state index >= 15 is 0 Å². The molecule has 0 N–H and O–H groups in total. The molecule has 0 amide bonds. The topological polar surface area (TPSA) is 17.1 Å². The Kier molecular flexibility index (Phi) is 8.58. The van der Waals surface area contributed by atoms with Gasteiger partial charge in [0.05, 0.1) is 0 Å². The standard InChI is InChI=1S/C4H7O.W/c1-4(2)3-5;/h4H,1-2H3;/q-1;+2. The fraction of sp³-hybridized carbons (Fsp3) is 0.750. The Morgan fingerprint density at radius 2 is 1.67 bits per heavy atom. The molecule has 0 heterocycles. The smallest absolute Gasteiger partial charge is 0.542 e. The summed E-state index contributed by atoms with van der Waals surface area (Å²) in [7, 11) is 0. The maximum absolute atomic E-state index is 9.38. The van der Waals surface area contributed by atoms with Gasteiger partial charge in [0.15, 0.2) is 0 Å². The van der Waals surface area contributed by atoms with Gasteiger partial charge in [0.1, 0.15) is 0 Å². The van der Waals surface area contributed by atoms with Crippen LogP contribution >= 0.6 is 0 Å². The van der Waals surface area contributed by atoms with Crippen LogP contribution in [-0.4, -0.2) is 6.29 Å². The normalized spacial score (nSPS) is 7.17. The molecule has 2 heteroatoms. The molecule has 6 heavy (non-hydrogen) atoms. The average Bonchev–Trinajstić information content (AvgIpc) is 1.38. The van der Waals surface area contributed by atoms with E-state index in [0.717, 1.165) is 0 Å². The average molecular weight is 255 g/mol. The van der Waals surface area contributed by atoms with Gasteiger partial charge in [0.2, 0.25) is 0 Å². The monoisotopic (exact) mass is 255 g/mol. The summed E-state index contributed by atoms with van der Waals surface area (Å²) in [5.41, 5.74) is 0. The van der Waals surface area contributed by atoms with Crippen molar-refractivity contribution in [2.24, 2.45) is 5.92 Å². The van der Waals surface area contributed by atoms with Crippen molar-refractivity contribution in [3.05, 3.63) is 0 Å². The van der Waals surface area contributed by atoms with E-state index in [0.29, 0.717) is 0 Å². The molecule has 0 radical (unpaired) electrons. The molecule has 0 spiro atoms. The van der Waals surface area contributed by atoms with E-state index < -0.39 is 0 Å². The maximum Gasteiger partial charge on any atom is 2.00 e. The minimum atomic E-state index is 0. The molecule has 34 valence electrons. The van der Waals surface area contributed by atoms with Gasteiger partial charge in [-0.2, -0.15) is 0 Å². The van der Waals surface area contributed by atoms with Gasteiger partial charge in [-0.15, -0.1) is 5.92 Å². The second kappa shape index (κ2) is 5.36. The third kappa shape index (κ3) is 8.84. The fourth-order valence-electron chi connectivity index (χ4n) is 0. The molecule has 0 aliphatic heterocycles. The number of hydrogen-bond acceptors (Lipinski definition) is 1. The zero-order chi connectivity index (χ0) is 4.28. The van der Waals surface area contributed by atoms with Gasteiger partial charge in [0, 0.05) is 0 Å². The number of carbonyl (C=O) groups excluding carboxylic acids is 1. The van der Waals surface area contributed by atoms with Crippen molar-refractivity contribution in [3.63, 3.8) is 0 Å². The van der Waals surface area contributed by atoms with Crippen LogP contribution < -0.4 is 0 Å². The van der Waals surface area contributed by atoms with E-state index in [1.807, 2.05) is 0 Å². The molecule has 0 aliphatic rings. The molecular weight excluding hydrogens is 248 g/mol. The molecule has 0 bridgehead atoms. The van der Waals surface area contributed by atoms with E-state index in [4.69, 9.17) is 0 Å². The van der Waals surface area contributed by atoms with Crippen LogP contribution in [0.25, 0.3) is 0 Å². The van der Waals surface area contributed by atoms with Gasteiger partial charge in [-0.05, 0) is 0 Å². The molecule has 0 fully saturated rings. The predicted molar refractivity (Wildman–Crippen MR) is 20.5 cm³/mol. The molecular formula is C4H7OW+. The first-order chi connectivity index (χ1) is 2.27. The summed E-state index contributed by atoms with van der Waals surface area (Å²) >= 11 is 0. The molecule has 0 saturated heterocycles. The second-order valence-electron chi connectivity index (χ2n) is 1.27. The van der Waals surface area contributed by atoms with Gasteiger partial charge < -0.3 is 4.79 Å². The molecule has 0 atom stereocenters. The van der Waals surface area contributed by atoms with E-state index in [2.05, 4.69) is 0 Å². The summed E-state index contributed by atoms with van der Waals surface area (Å²) in [6.07, 6.45) is 1.78. The van der Waals surface area contributed by atoms with Crippen molar-refractivity contribution in [1.29, 1.82) is 0 Å². The van der Waals surface area contributed by atoms with E-state index in [-0.39, 0.29) is 27.0 Å². The molecule has 0 aromatic carbocycles. The molecule has 0 aromatic heterocycles. The summed E-state index contributed by atoms with van der Waals surface area (Å²) in [4.78, 5) is 9.38. The summed E-state index contributed by atoms with van der Waals surface area (Å²) < 4.78 is 0. The van der Waals surface area contributed by atoms with Crippen molar-refractivity contribution >= 4 is 6.29 Å². The van der Waals surface area contributed by atoms with Crippen LogP contribution in [0.1, 0.15) is 13.8 Å². The molecule has 0 rings (SSSR count). The number of rotatable bonds is 1. The largest absolute Gasteiger partial charge is 2.00 e. The summed E-state index contributed by atoms with van der Waals surface area (Å²) in [6.45, 7) is 3.60. The zero-order valence-electron chi connectivity index (χ0n) is 3.89. The Labute approximate surface area is 52.4 Å². The minimum Gasteiger partial charge on any atom is -0.542 e. The van der Waals surface area contributed by atoms with Crippen molar-refractivity contribution < 1.29 is 25.9 Å². The maximum atomic E-state index is 9.38.